The van der Waals surface area contributed by atoms with E-state index in [0.29, 0.717) is 31.9 Å². The maximum atomic E-state index is 12.3. The fraction of sp³-hybridized carbons (Fsp3) is 0.333. The van der Waals surface area contributed by atoms with Crippen LogP contribution >= 0.6 is 0 Å². The van der Waals surface area contributed by atoms with Gasteiger partial charge in [-0.2, -0.15) is 0 Å². The number of hydrogen-bond donors (Lipinski definition) is 1. The van der Waals surface area contributed by atoms with E-state index in [2.05, 4.69) is 54.1 Å². The minimum Gasteiger partial charge on any atom is -0.494 e. The first kappa shape index (κ1) is 24.5. The molecule has 0 aliphatic rings. The number of ether oxygens (including phenoxy) is 1. The van der Waals surface area contributed by atoms with Gasteiger partial charge >= 0.3 is 0 Å². The van der Waals surface area contributed by atoms with Crippen LogP contribution in [0.3, 0.4) is 0 Å². The minimum absolute atomic E-state index is 0.0339. The van der Waals surface area contributed by atoms with Gasteiger partial charge in [0.1, 0.15) is 11.6 Å². The largest absolute Gasteiger partial charge is 0.494 e. The van der Waals surface area contributed by atoms with Crippen molar-refractivity contribution in [1.29, 1.82) is 0 Å². The molecule has 5 heteroatoms. The van der Waals surface area contributed by atoms with Gasteiger partial charge in [0, 0.05) is 19.5 Å². The molecular formula is C30H35N3O2. The van der Waals surface area contributed by atoms with Crippen LogP contribution in [-0.4, -0.2) is 28.6 Å². The number of aryl methyl sites for hydroxylation is 1. The number of rotatable bonds is 12. The summed E-state index contributed by atoms with van der Waals surface area (Å²) >= 11 is 0. The normalized spacial score (nSPS) is 11.9. The van der Waals surface area contributed by atoms with E-state index >= 15 is 0 Å². The molecule has 5 nitrogen and oxygen atoms in total. The number of fused-ring (bicyclic) bond motifs is 1. The zero-order chi connectivity index (χ0) is 24.5. The van der Waals surface area contributed by atoms with Crippen molar-refractivity contribution in [3.8, 4) is 5.75 Å². The summed E-state index contributed by atoms with van der Waals surface area (Å²) in [5.41, 5.74) is 4.48. The van der Waals surface area contributed by atoms with E-state index in [4.69, 9.17) is 9.72 Å². The fourth-order valence-corrected chi connectivity index (χ4v) is 4.26. The maximum absolute atomic E-state index is 12.3. The highest BCUT2D eigenvalue weighted by Gasteiger charge is 2.11. The van der Waals surface area contributed by atoms with Gasteiger partial charge in [-0.05, 0) is 54.2 Å². The smallest absolute Gasteiger partial charge is 0.224 e. The number of carbonyl (C=O) groups excluding carboxylic acids is 1. The highest BCUT2D eigenvalue weighted by Crippen LogP contribution is 2.22. The Bertz CT molecular complexity index is 1220. The van der Waals surface area contributed by atoms with Crippen molar-refractivity contribution in [3.05, 3.63) is 95.8 Å². The molecule has 182 valence electrons. The lowest BCUT2D eigenvalue weighted by molar-refractivity contribution is -0.120. The predicted octanol–water partition coefficient (Wildman–Crippen LogP) is 5.92. The molecule has 1 amide bonds. The third kappa shape index (κ3) is 6.72. The molecule has 0 aliphatic heterocycles. The molecular weight excluding hydrogens is 434 g/mol. The van der Waals surface area contributed by atoms with Gasteiger partial charge in [0.05, 0.1) is 24.1 Å². The number of imidazole rings is 1. The quantitative estimate of drug-likeness (QED) is 0.262. The van der Waals surface area contributed by atoms with Gasteiger partial charge in [-0.3, -0.25) is 4.79 Å². The molecule has 1 N–H and O–H groups in total. The number of nitrogens with one attached hydrogen (secondary N) is 1. The molecule has 1 unspecified atom stereocenters. The van der Waals surface area contributed by atoms with Gasteiger partial charge < -0.3 is 14.6 Å². The average molecular weight is 470 g/mol. The zero-order valence-electron chi connectivity index (χ0n) is 20.7. The van der Waals surface area contributed by atoms with Crippen molar-refractivity contribution in [2.75, 3.05) is 13.2 Å². The van der Waals surface area contributed by atoms with Gasteiger partial charge in [0.15, 0.2) is 0 Å². The lowest BCUT2D eigenvalue weighted by Crippen LogP contribution is -2.28. The highest BCUT2D eigenvalue weighted by molar-refractivity contribution is 5.78. The number of para-hydroxylation sites is 2. The van der Waals surface area contributed by atoms with E-state index < -0.39 is 0 Å². The van der Waals surface area contributed by atoms with Crippen molar-refractivity contribution in [2.45, 2.75) is 52.0 Å². The molecule has 35 heavy (non-hydrogen) atoms. The van der Waals surface area contributed by atoms with E-state index in [1.807, 2.05) is 48.5 Å². The summed E-state index contributed by atoms with van der Waals surface area (Å²) in [4.78, 5) is 17.2. The molecule has 0 radical (unpaired) electrons. The summed E-state index contributed by atoms with van der Waals surface area (Å²) < 4.78 is 8.26. The van der Waals surface area contributed by atoms with Crippen LogP contribution < -0.4 is 10.1 Å². The Morgan fingerprint density at radius 3 is 2.51 bits per heavy atom. The van der Waals surface area contributed by atoms with Crippen LogP contribution in [0.1, 0.15) is 49.6 Å². The topological polar surface area (TPSA) is 56.1 Å². The van der Waals surface area contributed by atoms with Gasteiger partial charge in [-0.15, -0.1) is 0 Å². The van der Waals surface area contributed by atoms with Crippen molar-refractivity contribution < 1.29 is 9.53 Å². The van der Waals surface area contributed by atoms with Crippen LogP contribution in [0.5, 0.6) is 5.75 Å². The lowest BCUT2D eigenvalue weighted by atomic mass is 9.99. The Morgan fingerprint density at radius 1 is 1.00 bits per heavy atom. The zero-order valence-corrected chi connectivity index (χ0v) is 20.7. The second kappa shape index (κ2) is 12.2. The molecule has 4 aromatic rings. The van der Waals surface area contributed by atoms with E-state index in [1.165, 1.54) is 5.56 Å². The number of benzene rings is 3. The Morgan fingerprint density at radius 2 is 1.74 bits per heavy atom. The van der Waals surface area contributed by atoms with Crippen LogP contribution in [0.15, 0.2) is 78.9 Å². The molecule has 0 bridgehead atoms. The summed E-state index contributed by atoms with van der Waals surface area (Å²) in [6.45, 7) is 6.48. The Labute approximate surface area is 208 Å². The van der Waals surface area contributed by atoms with Crippen LogP contribution in [0, 0.1) is 0 Å². The van der Waals surface area contributed by atoms with Crippen LogP contribution in [0.2, 0.25) is 0 Å². The molecule has 0 spiro atoms. The number of amides is 1. The lowest BCUT2D eigenvalue weighted by Gasteiger charge is -2.12. The van der Waals surface area contributed by atoms with Gasteiger partial charge in [-0.1, -0.05) is 68.4 Å². The average Bonchev–Trinajstić information content (AvgIpc) is 3.24. The number of hydrogen-bond acceptors (Lipinski definition) is 3. The second-order valence-corrected chi connectivity index (χ2v) is 9.01. The molecule has 1 atom stereocenters. The van der Waals surface area contributed by atoms with Crippen LogP contribution in [0.25, 0.3) is 11.0 Å². The van der Waals surface area contributed by atoms with Crippen LogP contribution in [0.4, 0.5) is 0 Å². The number of carbonyl (C=O) groups is 1. The molecule has 0 saturated carbocycles. The summed E-state index contributed by atoms with van der Waals surface area (Å²) in [7, 11) is 0. The summed E-state index contributed by atoms with van der Waals surface area (Å²) in [5.74, 6) is 2.50. The summed E-state index contributed by atoms with van der Waals surface area (Å²) in [5, 5.41) is 3.04. The number of aromatic nitrogens is 2. The van der Waals surface area contributed by atoms with Gasteiger partial charge in [0.2, 0.25) is 5.91 Å². The monoisotopic (exact) mass is 469 g/mol. The Kier molecular flexibility index (Phi) is 8.55. The molecule has 0 fully saturated rings. The third-order valence-corrected chi connectivity index (χ3v) is 6.47. The first-order valence-corrected chi connectivity index (χ1v) is 12.6. The van der Waals surface area contributed by atoms with Crippen molar-refractivity contribution in [3.63, 3.8) is 0 Å². The maximum Gasteiger partial charge on any atom is 0.224 e. The molecule has 1 aromatic heterocycles. The SMILES string of the molecule is CCC(C)c1ccc(OCCCn2c(CCNC(=O)Cc3ccccc3)nc3ccccc32)cc1. The van der Waals surface area contributed by atoms with E-state index in [0.717, 1.165) is 47.6 Å². The first-order chi connectivity index (χ1) is 17.1. The standard InChI is InChI=1S/C30H35N3O2/c1-3-23(2)25-14-16-26(17-15-25)35-21-9-20-33-28-13-8-7-12-27(28)32-29(33)18-19-31-30(34)22-24-10-5-4-6-11-24/h4-8,10-17,23H,3,9,18-22H2,1-2H3,(H,31,34). The van der Waals surface area contributed by atoms with E-state index in [1.54, 1.807) is 0 Å². The minimum atomic E-state index is 0.0339. The highest BCUT2D eigenvalue weighted by atomic mass is 16.5. The number of nitrogens with zero attached hydrogens (tertiary/aromatic N) is 2. The second-order valence-electron chi connectivity index (χ2n) is 9.01. The van der Waals surface area contributed by atoms with E-state index in [-0.39, 0.29) is 5.91 Å². The summed E-state index contributed by atoms with van der Waals surface area (Å²) in [6, 6.07) is 26.5. The van der Waals surface area contributed by atoms with Crippen molar-refractivity contribution in [1.82, 2.24) is 14.9 Å². The molecule has 0 aliphatic carbocycles. The molecule has 3 aromatic carbocycles. The van der Waals surface area contributed by atoms with Gasteiger partial charge in [-0.25, -0.2) is 4.98 Å². The molecule has 0 saturated heterocycles. The van der Waals surface area contributed by atoms with Gasteiger partial charge in [0.25, 0.3) is 0 Å². The Hall–Kier alpha value is -3.60. The summed E-state index contributed by atoms with van der Waals surface area (Å²) in [6.07, 6.45) is 3.10. The third-order valence-electron chi connectivity index (χ3n) is 6.47. The fourth-order valence-electron chi connectivity index (χ4n) is 4.26. The molecule has 4 rings (SSSR count). The first-order valence-electron chi connectivity index (χ1n) is 12.6. The van der Waals surface area contributed by atoms with Crippen molar-refractivity contribution in [2.24, 2.45) is 0 Å². The van der Waals surface area contributed by atoms with Crippen LogP contribution in [-0.2, 0) is 24.2 Å². The predicted molar refractivity (Wildman–Crippen MR) is 142 cm³/mol. The van der Waals surface area contributed by atoms with Crippen molar-refractivity contribution >= 4 is 16.9 Å². The molecule has 1 heterocycles. The van der Waals surface area contributed by atoms with E-state index in [9.17, 15) is 4.79 Å². The Balaban J connectivity index is 1.31.